The van der Waals surface area contributed by atoms with E-state index in [0.29, 0.717) is 5.39 Å². The molecule has 0 saturated carbocycles. The monoisotopic (exact) mass is 244 g/mol. The molecule has 0 atom stereocenters. The topological polar surface area (TPSA) is 74.6 Å². The van der Waals surface area contributed by atoms with Gasteiger partial charge in [-0.25, -0.2) is 9.59 Å². The fourth-order valence-electron chi connectivity index (χ4n) is 1.70. The van der Waals surface area contributed by atoms with E-state index in [2.05, 4.69) is 13.2 Å². The van der Waals surface area contributed by atoms with Gasteiger partial charge in [0.25, 0.3) is 0 Å². The molecule has 0 spiro atoms. The number of carbonyl (C=O) groups is 2. The number of aromatic carboxylic acids is 2. The smallest absolute Gasteiger partial charge is 0.336 e. The lowest BCUT2D eigenvalue weighted by Crippen LogP contribution is -2.03. The number of hydrogen-bond donors (Lipinski definition) is 2. The van der Waals surface area contributed by atoms with E-state index in [1.54, 1.807) is 24.3 Å². The summed E-state index contributed by atoms with van der Waals surface area (Å²) in [5.74, 6) is -2.25. The number of fused-ring (bicyclic) bond motifs is 1. The van der Waals surface area contributed by atoms with Crippen molar-refractivity contribution in [2.24, 2.45) is 0 Å². The maximum Gasteiger partial charge on any atom is 0.336 e. The van der Waals surface area contributed by atoms with E-state index in [4.69, 9.17) is 10.2 Å². The van der Waals surface area contributed by atoms with E-state index in [9.17, 15) is 9.59 Å². The van der Waals surface area contributed by atoms with E-state index in [1.807, 2.05) is 0 Å². The Labute approximate surface area is 104 Å². The van der Waals surface area contributed by atoms with E-state index < -0.39 is 11.9 Å². The summed E-state index contributed by atoms with van der Waals surface area (Å²) in [6.07, 6.45) is 0. The predicted molar refractivity (Wildman–Crippen MR) is 69.1 cm³/mol. The van der Waals surface area contributed by atoms with Gasteiger partial charge in [-0.05, 0) is 17.5 Å². The van der Waals surface area contributed by atoms with Crippen molar-refractivity contribution >= 4 is 22.7 Å². The Balaban J connectivity index is 0.000000771. The van der Waals surface area contributed by atoms with Crippen molar-refractivity contribution < 1.29 is 19.8 Å². The summed E-state index contributed by atoms with van der Waals surface area (Å²) in [7, 11) is 0. The van der Waals surface area contributed by atoms with Crippen LogP contribution >= 0.6 is 0 Å². The molecule has 2 N–H and O–H groups in total. The minimum atomic E-state index is -1.13. The van der Waals surface area contributed by atoms with Gasteiger partial charge >= 0.3 is 11.9 Å². The van der Waals surface area contributed by atoms with E-state index in [0.717, 1.165) is 0 Å². The van der Waals surface area contributed by atoms with Crippen LogP contribution in [-0.4, -0.2) is 22.2 Å². The molecule has 18 heavy (non-hydrogen) atoms. The van der Waals surface area contributed by atoms with Crippen molar-refractivity contribution in [3.63, 3.8) is 0 Å². The molecular formula is C14H12O4. The molecule has 0 radical (unpaired) electrons. The van der Waals surface area contributed by atoms with Crippen molar-refractivity contribution in [1.82, 2.24) is 0 Å². The van der Waals surface area contributed by atoms with Gasteiger partial charge in [-0.1, -0.05) is 24.3 Å². The fraction of sp³-hybridized carbons (Fsp3) is 0. The second kappa shape index (κ2) is 5.63. The Kier molecular flexibility index (Phi) is 4.21. The quantitative estimate of drug-likeness (QED) is 0.796. The van der Waals surface area contributed by atoms with Crippen LogP contribution in [-0.2, 0) is 0 Å². The average molecular weight is 244 g/mol. The van der Waals surface area contributed by atoms with Gasteiger partial charge in [0.1, 0.15) is 0 Å². The van der Waals surface area contributed by atoms with E-state index >= 15 is 0 Å². The molecule has 0 amide bonds. The summed E-state index contributed by atoms with van der Waals surface area (Å²) < 4.78 is 0. The van der Waals surface area contributed by atoms with Crippen LogP contribution in [0.4, 0.5) is 0 Å². The van der Waals surface area contributed by atoms with Crippen LogP contribution in [0.5, 0.6) is 0 Å². The third-order valence-electron chi connectivity index (χ3n) is 2.37. The van der Waals surface area contributed by atoms with Gasteiger partial charge in [0, 0.05) is 5.39 Å². The van der Waals surface area contributed by atoms with Crippen LogP contribution in [0, 0.1) is 0 Å². The summed E-state index contributed by atoms with van der Waals surface area (Å²) in [6, 6.07) is 9.37. The highest BCUT2D eigenvalue weighted by Gasteiger charge is 2.15. The summed E-state index contributed by atoms with van der Waals surface area (Å²) in [4.78, 5) is 22.0. The standard InChI is InChI=1S/C12H8O4.C2H4/c13-11(14)8-5-1-3-7-4-2-6-9(10(7)8)12(15)16;1-2/h1-6H,(H,13,14)(H,15,16);1-2H2. The van der Waals surface area contributed by atoms with Crippen LogP contribution in [0.25, 0.3) is 10.8 Å². The summed E-state index contributed by atoms with van der Waals surface area (Å²) in [6.45, 7) is 6.00. The molecule has 2 aromatic carbocycles. The fourth-order valence-corrected chi connectivity index (χ4v) is 1.70. The summed E-state index contributed by atoms with van der Waals surface area (Å²) in [5.41, 5.74) is 0.0194. The van der Waals surface area contributed by atoms with Crippen LogP contribution in [0.15, 0.2) is 49.6 Å². The highest BCUT2D eigenvalue weighted by Crippen LogP contribution is 2.23. The second-order valence-electron chi connectivity index (χ2n) is 3.32. The van der Waals surface area contributed by atoms with Gasteiger partial charge in [-0.2, -0.15) is 0 Å². The van der Waals surface area contributed by atoms with Gasteiger partial charge in [0.2, 0.25) is 0 Å². The molecule has 0 bridgehead atoms. The molecule has 0 heterocycles. The lowest BCUT2D eigenvalue weighted by Gasteiger charge is -2.05. The van der Waals surface area contributed by atoms with Gasteiger partial charge in [-0.15, -0.1) is 13.2 Å². The normalized spacial score (nSPS) is 9.33. The number of carboxylic acids is 2. The lowest BCUT2D eigenvalue weighted by atomic mass is 9.99. The SMILES string of the molecule is C=C.O=C(O)c1cccc2cccc(C(=O)O)c12. The number of rotatable bonds is 2. The van der Waals surface area contributed by atoms with Gasteiger partial charge in [-0.3, -0.25) is 0 Å². The highest BCUT2D eigenvalue weighted by atomic mass is 16.4. The van der Waals surface area contributed by atoms with Crippen molar-refractivity contribution in [2.75, 3.05) is 0 Å². The first kappa shape index (κ1) is 13.4. The molecule has 0 saturated heterocycles. The molecule has 92 valence electrons. The minimum Gasteiger partial charge on any atom is -0.478 e. The Morgan fingerprint density at radius 2 is 1.22 bits per heavy atom. The zero-order valence-corrected chi connectivity index (χ0v) is 9.59. The van der Waals surface area contributed by atoms with Crippen LogP contribution < -0.4 is 0 Å². The Hall–Kier alpha value is -2.62. The van der Waals surface area contributed by atoms with Crippen LogP contribution in [0.1, 0.15) is 20.7 Å². The third kappa shape index (κ3) is 2.38. The van der Waals surface area contributed by atoms with E-state index in [1.165, 1.54) is 12.1 Å². The molecule has 4 heteroatoms. The zero-order chi connectivity index (χ0) is 13.7. The van der Waals surface area contributed by atoms with Crippen LogP contribution in [0.3, 0.4) is 0 Å². The van der Waals surface area contributed by atoms with E-state index in [-0.39, 0.29) is 16.5 Å². The number of carboxylic acid groups (broad SMARTS) is 2. The van der Waals surface area contributed by atoms with Crippen LogP contribution in [0.2, 0.25) is 0 Å². The molecule has 4 nitrogen and oxygen atoms in total. The van der Waals surface area contributed by atoms with Gasteiger partial charge in [0.05, 0.1) is 11.1 Å². The Morgan fingerprint density at radius 3 is 1.56 bits per heavy atom. The van der Waals surface area contributed by atoms with Crippen molar-refractivity contribution in [2.45, 2.75) is 0 Å². The van der Waals surface area contributed by atoms with Gasteiger partial charge < -0.3 is 10.2 Å². The summed E-state index contributed by atoms with van der Waals surface area (Å²) >= 11 is 0. The minimum absolute atomic E-state index is 0.00972. The average Bonchev–Trinajstić information content (AvgIpc) is 2.39. The Bertz CT molecular complexity index is 553. The Morgan fingerprint density at radius 1 is 0.833 bits per heavy atom. The first-order chi connectivity index (χ1) is 8.61. The molecule has 0 fully saturated rings. The number of benzene rings is 2. The molecule has 0 unspecified atom stereocenters. The zero-order valence-electron chi connectivity index (χ0n) is 9.59. The lowest BCUT2D eigenvalue weighted by molar-refractivity contribution is 0.0695. The first-order valence-corrected chi connectivity index (χ1v) is 5.09. The van der Waals surface area contributed by atoms with Crippen molar-refractivity contribution in [3.05, 3.63) is 60.7 Å². The molecule has 0 aromatic heterocycles. The van der Waals surface area contributed by atoms with Gasteiger partial charge in [0.15, 0.2) is 0 Å². The first-order valence-electron chi connectivity index (χ1n) is 5.09. The highest BCUT2D eigenvalue weighted by molar-refractivity contribution is 6.12. The predicted octanol–water partition coefficient (Wildman–Crippen LogP) is 3.04. The van der Waals surface area contributed by atoms with Crippen molar-refractivity contribution in [3.8, 4) is 0 Å². The third-order valence-corrected chi connectivity index (χ3v) is 2.37. The largest absolute Gasteiger partial charge is 0.478 e. The maximum atomic E-state index is 11.0. The molecule has 0 aliphatic rings. The second-order valence-corrected chi connectivity index (χ2v) is 3.32. The maximum absolute atomic E-state index is 11.0. The number of hydrogen-bond acceptors (Lipinski definition) is 2. The molecule has 2 aromatic rings. The molecular weight excluding hydrogens is 232 g/mol. The summed E-state index contributed by atoms with van der Waals surface area (Å²) in [5, 5.41) is 18.9. The molecule has 0 aliphatic carbocycles. The molecule has 0 aliphatic heterocycles. The van der Waals surface area contributed by atoms with Crippen molar-refractivity contribution in [1.29, 1.82) is 0 Å². The molecule has 2 rings (SSSR count).